The first kappa shape index (κ1) is 19.5. The zero-order chi connectivity index (χ0) is 18.1. The molecule has 2 N–H and O–H groups in total. The molecule has 1 aromatic heterocycles. The topological polar surface area (TPSA) is 84.3 Å². The van der Waals surface area contributed by atoms with Crippen LogP contribution < -0.4 is 11.2 Å². The van der Waals surface area contributed by atoms with E-state index in [4.69, 9.17) is 9.84 Å². The summed E-state index contributed by atoms with van der Waals surface area (Å²) in [4.78, 5) is 26.2. The maximum atomic E-state index is 12.0. The minimum absolute atomic E-state index is 0.0699. The van der Waals surface area contributed by atoms with Crippen molar-refractivity contribution in [2.45, 2.75) is 77.0 Å². The number of aliphatic hydroxyl groups is 1. The number of aliphatic hydroxyl groups excluding tert-OH is 1. The first-order chi connectivity index (χ1) is 12.2. The van der Waals surface area contributed by atoms with Gasteiger partial charge in [-0.15, -0.1) is 0 Å². The molecule has 1 aliphatic rings. The Labute approximate surface area is 148 Å². The van der Waals surface area contributed by atoms with Crippen LogP contribution in [-0.4, -0.2) is 27.4 Å². The minimum atomic E-state index is -0.505. The molecular weight excluding hydrogens is 320 g/mol. The fourth-order valence-electron chi connectivity index (χ4n) is 2.97. The number of hydrogen-bond acceptors (Lipinski definition) is 4. The standard InChI is InChI=1S/C19H28N2O4/c1-2-3-4-5-6-7-8-9-10-15-13-21(19(24)20-18(15)23)17-12-11-16(14-22)25-17/h13,16-17,22H,2-8,11-12,14H2,1H3,(H,20,23,24)/t16-,17+/m0/s1. The number of H-pyrrole nitrogens is 1. The van der Waals surface area contributed by atoms with E-state index in [1.807, 2.05) is 0 Å². The smallest absolute Gasteiger partial charge is 0.330 e. The summed E-state index contributed by atoms with van der Waals surface area (Å²) in [5.41, 5.74) is -0.690. The zero-order valence-electron chi connectivity index (χ0n) is 14.9. The number of aromatic nitrogens is 2. The molecule has 6 heteroatoms. The number of nitrogens with zero attached hydrogens (tertiary/aromatic N) is 1. The summed E-state index contributed by atoms with van der Waals surface area (Å²) < 4.78 is 6.97. The third kappa shape index (κ3) is 5.87. The van der Waals surface area contributed by atoms with Crippen molar-refractivity contribution in [2.24, 2.45) is 0 Å². The third-order valence-corrected chi connectivity index (χ3v) is 4.45. The van der Waals surface area contributed by atoms with Crippen LogP contribution in [0.5, 0.6) is 0 Å². The Hall–Kier alpha value is -1.84. The molecule has 0 aliphatic carbocycles. The van der Waals surface area contributed by atoms with Crippen molar-refractivity contribution in [1.29, 1.82) is 0 Å². The van der Waals surface area contributed by atoms with Crippen molar-refractivity contribution in [3.8, 4) is 11.8 Å². The van der Waals surface area contributed by atoms with Crippen LogP contribution in [0.2, 0.25) is 0 Å². The predicted molar refractivity (Wildman–Crippen MR) is 96.4 cm³/mol. The van der Waals surface area contributed by atoms with E-state index in [-0.39, 0.29) is 18.3 Å². The van der Waals surface area contributed by atoms with Crippen LogP contribution in [0, 0.1) is 11.8 Å². The third-order valence-electron chi connectivity index (χ3n) is 4.45. The van der Waals surface area contributed by atoms with E-state index in [1.165, 1.54) is 36.4 Å². The fraction of sp³-hybridized carbons (Fsp3) is 0.684. The molecule has 1 aliphatic heterocycles. The van der Waals surface area contributed by atoms with Crippen molar-refractivity contribution in [3.63, 3.8) is 0 Å². The van der Waals surface area contributed by atoms with Crippen LogP contribution in [0.3, 0.4) is 0 Å². The largest absolute Gasteiger partial charge is 0.394 e. The highest BCUT2D eigenvalue weighted by molar-refractivity contribution is 5.29. The Morgan fingerprint density at radius 1 is 1.24 bits per heavy atom. The number of unbranched alkanes of at least 4 members (excludes halogenated alkanes) is 6. The molecule has 0 unspecified atom stereocenters. The van der Waals surface area contributed by atoms with E-state index in [2.05, 4.69) is 23.7 Å². The maximum Gasteiger partial charge on any atom is 0.330 e. The highest BCUT2D eigenvalue weighted by Crippen LogP contribution is 2.26. The Morgan fingerprint density at radius 3 is 2.72 bits per heavy atom. The van der Waals surface area contributed by atoms with Crippen molar-refractivity contribution >= 4 is 0 Å². The van der Waals surface area contributed by atoms with Gasteiger partial charge < -0.3 is 9.84 Å². The summed E-state index contributed by atoms with van der Waals surface area (Å²) >= 11 is 0. The fourth-order valence-corrected chi connectivity index (χ4v) is 2.97. The van der Waals surface area contributed by atoms with Gasteiger partial charge in [-0.05, 0) is 19.3 Å². The molecule has 0 radical (unpaired) electrons. The van der Waals surface area contributed by atoms with Crippen LogP contribution in [0.1, 0.15) is 76.5 Å². The Balaban J connectivity index is 1.95. The summed E-state index contributed by atoms with van der Waals surface area (Å²) in [7, 11) is 0. The molecule has 0 spiro atoms. The van der Waals surface area contributed by atoms with Gasteiger partial charge in [-0.3, -0.25) is 14.3 Å². The second-order valence-corrected chi connectivity index (χ2v) is 6.50. The summed E-state index contributed by atoms with van der Waals surface area (Å²) in [6.07, 6.45) is 10.0. The van der Waals surface area contributed by atoms with Gasteiger partial charge in [0.25, 0.3) is 5.56 Å². The van der Waals surface area contributed by atoms with Crippen molar-refractivity contribution in [2.75, 3.05) is 6.61 Å². The molecule has 25 heavy (non-hydrogen) atoms. The van der Waals surface area contributed by atoms with Gasteiger partial charge in [0.2, 0.25) is 0 Å². The average Bonchev–Trinajstić information content (AvgIpc) is 3.07. The summed E-state index contributed by atoms with van der Waals surface area (Å²) in [6, 6.07) is 0. The molecule has 2 atom stereocenters. The summed E-state index contributed by atoms with van der Waals surface area (Å²) in [6.45, 7) is 2.13. The maximum absolute atomic E-state index is 12.0. The first-order valence-electron chi connectivity index (χ1n) is 9.26. The number of hydrogen-bond donors (Lipinski definition) is 2. The van der Waals surface area contributed by atoms with E-state index in [9.17, 15) is 9.59 Å². The molecule has 6 nitrogen and oxygen atoms in total. The van der Waals surface area contributed by atoms with Gasteiger partial charge in [-0.2, -0.15) is 0 Å². The lowest BCUT2D eigenvalue weighted by Crippen LogP contribution is -2.33. The van der Waals surface area contributed by atoms with Gasteiger partial charge >= 0.3 is 5.69 Å². The van der Waals surface area contributed by atoms with Gasteiger partial charge in [0, 0.05) is 12.6 Å². The minimum Gasteiger partial charge on any atom is -0.394 e. The molecule has 1 fully saturated rings. The van der Waals surface area contributed by atoms with Gasteiger partial charge in [0.05, 0.1) is 12.7 Å². The molecule has 0 aromatic carbocycles. The van der Waals surface area contributed by atoms with Gasteiger partial charge in [-0.25, -0.2) is 4.79 Å². The SMILES string of the molecule is CCCCCCCCC#Cc1cn([C@H]2CC[C@@H](CO)O2)c(=O)[nH]c1=O. The highest BCUT2D eigenvalue weighted by atomic mass is 16.5. The van der Waals surface area contributed by atoms with E-state index in [1.54, 1.807) is 0 Å². The van der Waals surface area contributed by atoms with Crippen molar-refractivity contribution in [1.82, 2.24) is 9.55 Å². The summed E-state index contributed by atoms with van der Waals surface area (Å²) in [5.74, 6) is 5.90. The summed E-state index contributed by atoms with van der Waals surface area (Å²) in [5, 5.41) is 9.14. The van der Waals surface area contributed by atoms with E-state index >= 15 is 0 Å². The van der Waals surface area contributed by atoms with E-state index < -0.39 is 17.5 Å². The quantitative estimate of drug-likeness (QED) is 0.558. The van der Waals surface area contributed by atoms with Crippen LogP contribution in [-0.2, 0) is 4.74 Å². The lowest BCUT2D eigenvalue weighted by atomic mass is 10.1. The van der Waals surface area contributed by atoms with Gasteiger partial charge in [0.15, 0.2) is 0 Å². The van der Waals surface area contributed by atoms with Gasteiger partial charge in [0.1, 0.15) is 11.8 Å². The van der Waals surface area contributed by atoms with Crippen LogP contribution in [0.25, 0.3) is 0 Å². The van der Waals surface area contributed by atoms with Crippen LogP contribution in [0.4, 0.5) is 0 Å². The lowest BCUT2D eigenvalue weighted by molar-refractivity contribution is -0.0246. The van der Waals surface area contributed by atoms with Crippen molar-refractivity contribution in [3.05, 3.63) is 32.6 Å². The molecule has 2 heterocycles. The number of aromatic amines is 1. The first-order valence-corrected chi connectivity index (χ1v) is 9.26. The van der Waals surface area contributed by atoms with Crippen LogP contribution >= 0.6 is 0 Å². The van der Waals surface area contributed by atoms with E-state index in [0.717, 1.165) is 19.3 Å². The molecule has 1 saturated heterocycles. The lowest BCUT2D eigenvalue weighted by Gasteiger charge is -2.14. The molecular formula is C19H28N2O4. The zero-order valence-corrected chi connectivity index (χ0v) is 14.9. The predicted octanol–water partition coefficient (Wildman–Crippen LogP) is 2.31. The van der Waals surface area contributed by atoms with Gasteiger partial charge in [-0.1, -0.05) is 50.9 Å². The van der Waals surface area contributed by atoms with Crippen LogP contribution in [0.15, 0.2) is 15.8 Å². The Kier molecular flexibility index (Phi) is 7.96. The second-order valence-electron chi connectivity index (χ2n) is 6.50. The number of ether oxygens (including phenoxy) is 1. The normalized spacial score (nSPS) is 19.6. The van der Waals surface area contributed by atoms with Crippen molar-refractivity contribution < 1.29 is 9.84 Å². The Morgan fingerprint density at radius 2 is 2.00 bits per heavy atom. The molecule has 0 amide bonds. The highest BCUT2D eigenvalue weighted by Gasteiger charge is 2.27. The molecule has 0 bridgehead atoms. The number of rotatable bonds is 8. The molecule has 2 rings (SSSR count). The molecule has 1 aromatic rings. The van der Waals surface area contributed by atoms with E-state index in [0.29, 0.717) is 12.8 Å². The second kappa shape index (κ2) is 10.2. The molecule has 0 saturated carbocycles. The monoisotopic (exact) mass is 348 g/mol. The molecule has 138 valence electrons. The Bertz CT molecular complexity index is 711. The average molecular weight is 348 g/mol. The number of nitrogens with one attached hydrogen (secondary N) is 1.